The van der Waals surface area contributed by atoms with Crippen molar-refractivity contribution in [3.05, 3.63) is 36.6 Å². The van der Waals surface area contributed by atoms with Gasteiger partial charge in [-0.2, -0.15) is 10.1 Å². The van der Waals surface area contributed by atoms with E-state index in [0.29, 0.717) is 10.9 Å². The molecule has 0 unspecified atom stereocenters. The van der Waals surface area contributed by atoms with E-state index in [1.807, 2.05) is 11.6 Å². The Morgan fingerprint density at radius 1 is 1.33 bits per heavy atom. The Hall–Kier alpha value is -1.35. The number of hydrogen-bond acceptors (Lipinski definition) is 5. The lowest BCUT2D eigenvalue weighted by molar-refractivity contribution is 0.595. The molecule has 0 saturated heterocycles. The molecule has 0 saturated carbocycles. The van der Waals surface area contributed by atoms with Gasteiger partial charge in [-0.25, -0.2) is 0 Å². The van der Waals surface area contributed by atoms with Gasteiger partial charge in [-0.1, -0.05) is 18.7 Å². The zero-order chi connectivity index (χ0) is 15.6. The minimum atomic E-state index is -0.770. The van der Waals surface area contributed by atoms with Crippen LogP contribution >= 0.6 is 27.7 Å². The fourth-order valence-corrected chi connectivity index (χ4v) is 3.71. The smallest absolute Gasteiger partial charge is 0.268 e. The summed E-state index contributed by atoms with van der Waals surface area (Å²) in [6.07, 6.45) is 0.848. The zero-order valence-corrected chi connectivity index (χ0v) is 14.4. The van der Waals surface area contributed by atoms with E-state index in [1.165, 1.54) is 16.4 Å². The maximum atomic E-state index is 11.3. The van der Waals surface area contributed by atoms with Crippen molar-refractivity contribution in [3.8, 4) is 0 Å². The molecule has 2 heterocycles. The first kappa shape index (κ1) is 16.0. The molecular formula is C12H16BrN5O2S. The lowest BCUT2D eigenvalue weighted by Crippen LogP contribution is -2.33. The van der Waals surface area contributed by atoms with E-state index in [0.717, 1.165) is 28.8 Å². The number of aryl methyl sites for hydroxylation is 3. The first-order valence-electron chi connectivity index (χ1n) is 6.52. The lowest BCUT2D eigenvalue weighted by atomic mass is 10.3. The fourth-order valence-electron chi connectivity index (χ4n) is 1.88. The molecule has 0 aliphatic rings. The minimum absolute atomic E-state index is 0.466. The van der Waals surface area contributed by atoms with Crippen molar-refractivity contribution >= 4 is 27.7 Å². The van der Waals surface area contributed by atoms with Crippen molar-refractivity contribution in [2.45, 2.75) is 37.7 Å². The Bertz CT molecular complexity index is 764. The minimum Gasteiger partial charge on any atom is -0.268 e. The van der Waals surface area contributed by atoms with E-state index in [2.05, 4.69) is 38.0 Å². The van der Waals surface area contributed by atoms with Gasteiger partial charge in [0.05, 0.1) is 15.9 Å². The van der Waals surface area contributed by atoms with E-state index in [-0.39, 0.29) is 0 Å². The van der Waals surface area contributed by atoms with Crippen LogP contribution in [-0.4, -0.2) is 24.5 Å². The lowest BCUT2D eigenvalue weighted by Gasteiger charge is -2.07. The van der Waals surface area contributed by atoms with Crippen molar-refractivity contribution < 1.29 is 0 Å². The molecule has 2 aromatic rings. The molecule has 0 aliphatic carbocycles. The molecule has 21 heavy (non-hydrogen) atoms. The second-order valence-corrected chi connectivity index (χ2v) is 6.10. The highest BCUT2D eigenvalue weighted by Crippen LogP contribution is 2.28. The van der Waals surface area contributed by atoms with Crippen molar-refractivity contribution in [1.29, 1.82) is 0 Å². The van der Waals surface area contributed by atoms with Gasteiger partial charge >= 0.3 is 11.1 Å². The standard InChI is InChI=1S/C12H16BrN5O2S/c1-4-7-9(13)8(18(5-2)15-7)6-21-12-14-10(19)11(20)16-17(12)3/h4-6H2,1-3H3,(H,16,20). The van der Waals surface area contributed by atoms with Gasteiger partial charge in [0.15, 0.2) is 5.16 Å². The van der Waals surface area contributed by atoms with Gasteiger partial charge in [0.2, 0.25) is 0 Å². The molecule has 1 N–H and O–H groups in total. The third-order valence-electron chi connectivity index (χ3n) is 2.98. The number of hydrogen-bond donors (Lipinski definition) is 1. The monoisotopic (exact) mass is 373 g/mol. The Labute approximate surface area is 133 Å². The highest BCUT2D eigenvalue weighted by Gasteiger charge is 2.15. The van der Waals surface area contributed by atoms with Crippen LogP contribution in [0.25, 0.3) is 0 Å². The largest absolute Gasteiger partial charge is 0.339 e. The van der Waals surface area contributed by atoms with Gasteiger partial charge in [-0.3, -0.25) is 24.1 Å². The second kappa shape index (κ2) is 6.61. The predicted octanol–water partition coefficient (Wildman–Crippen LogP) is 1.30. The van der Waals surface area contributed by atoms with Crippen molar-refractivity contribution in [2.75, 3.05) is 0 Å². The van der Waals surface area contributed by atoms with Crippen LogP contribution in [-0.2, 0) is 25.8 Å². The molecule has 7 nitrogen and oxygen atoms in total. The molecule has 0 radical (unpaired) electrons. The number of H-pyrrole nitrogens is 1. The van der Waals surface area contributed by atoms with E-state index >= 15 is 0 Å². The molecule has 0 amide bonds. The van der Waals surface area contributed by atoms with Crippen LogP contribution in [0.1, 0.15) is 25.2 Å². The zero-order valence-electron chi connectivity index (χ0n) is 12.0. The van der Waals surface area contributed by atoms with Crippen LogP contribution in [0.2, 0.25) is 0 Å². The van der Waals surface area contributed by atoms with Crippen LogP contribution in [0.5, 0.6) is 0 Å². The molecule has 0 aromatic carbocycles. The predicted molar refractivity (Wildman–Crippen MR) is 84.6 cm³/mol. The van der Waals surface area contributed by atoms with Gasteiger partial charge in [0, 0.05) is 19.3 Å². The Kier molecular flexibility index (Phi) is 5.04. The van der Waals surface area contributed by atoms with Gasteiger partial charge < -0.3 is 0 Å². The van der Waals surface area contributed by atoms with Crippen LogP contribution < -0.4 is 11.1 Å². The molecule has 2 aromatic heterocycles. The summed E-state index contributed by atoms with van der Waals surface area (Å²) in [6.45, 7) is 4.85. The number of aromatic nitrogens is 5. The number of halogens is 1. The number of nitrogens with zero attached hydrogens (tertiary/aromatic N) is 4. The molecule has 0 aliphatic heterocycles. The Balaban J connectivity index is 2.28. The summed E-state index contributed by atoms with van der Waals surface area (Å²) >= 11 is 4.96. The first-order valence-corrected chi connectivity index (χ1v) is 8.30. The molecule has 2 rings (SSSR count). The van der Waals surface area contributed by atoms with Crippen molar-refractivity contribution in [3.63, 3.8) is 0 Å². The Morgan fingerprint density at radius 2 is 2.05 bits per heavy atom. The number of rotatable bonds is 5. The summed E-state index contributed by atoms with van der Waals surface area (Å²) in [7, 11) is 1.65. The Morgan fingerprint density at radius 3 is 2.67 bits per heavy atom. The molecule has 9 heteroatoms. The average molecular weight is 374 g/mol. The summed E-state index contributed by atoms with van der Waals surface area (Å²) in [5.41, 5.74) is 0.568. The molecule has 114 valence electrons. The molecule has 0 bridgehead atoms. The maximum Gasteiger partial charge on any atom is 0.339 e. The fraction of sp³-hybridized carbons (Fsp3) is 0.500. The molecule has 0 spiro atoms. The van der Waals surface area contributed by atoms with Crippen LogP contribution in [0.15, 0.2) is 19.2 Å². The molecule has 0 atom stereocenters. The van der Waals surface area contributed by atoms with Crippen LogP contribution in [0.4, 0.5) is 0 Å². The maximum absolute atomic E-state index is 11.3. The van der Waals surface area contributed by atoms with Gasteiger partial charge in [0.1, 0.15) is 0 Å². The van der Waals surface area contributed by atoms with E-state index in [4.69, 9.17) is 0 Å². The van der Waals surface area contributed by atoms with E-state index in [1.54, 1.807) is 7.05 Å². The summed E-state index contributed by atoms with van der Waals surface area (Å²) in [5, 5.41) is 7.42. The summed E-state index contributed by atoms with van der Waals surface area (Å²) in [4.78, 5) is 26.3. The number of nitrogens with one attached hydrogen (secondary N) is 1. The third-order valence-corrected chi connectivity index (χ3v) is 4.94. The van der Waals surface area contributed by atoms with Gasteiger partial charge in [0.25, 0.3) is 0 Å². The third kappa shape index (κ3) is 3.29. The highest BCUT2D eigenvalue weighted by molar-refractivity contribution is 9.10. The van der Waals surface area contributed by atoms with Gasteiger partial charge in [-0.05, 0) is 29.3 Å². The topological polar surface area (TPSA) is 85.6 Å². The SMILES string of the molecule is CCc1nn(CC)c(CSc2nc(=O)c(=O)[nH]n2C)c1Br. The van der Waals surface area contributed by atoms with E-state index in [9.17, 15) is 9.59 Å². The van der Waals surface area contributed by atoms with Crippen molar-refractivity contribution in [1.82, 2.24) is 24.5 Å². The number of thioether (sulfide) groups is 1. The highest BCUT2D eigenvalue weighted by atomic mass is 79.9. The van der Waals surface area contributed by atoms with Gasteiger partial charge in [-0.15, -0.1) is 0 Å². The second-order valence-electron chi connectivity index (χ2n) is 4.36. The summed E-state index contributed by atoms with van der Waals surface area (Å²) in [5.74, 6) is 0.605. The van der Waals surface area contributed by atoms with Crippen molar-refractivity contribution in [2.24, 2.45) is 7.05 Å². The summed E-state index contributed by atoms with van der Waals surface area (Å²) in [6, 6.07) is 0. The first-order chi connectivity index (χ1) is 9.97. The normalized spacial score (nSPS) is 11.0. The average Bonchev–Trinajstić information content (AvgIpc) is 2.77. The number of aromatic amines is 1. The quantitative estimate of drug-likeness (QED) is 0.630. The van der Waals surface area contributed by atoms with Crippen LogP contribution in [0, 0.1) is 0 Å². The van der Waals surface area contributed by atoms with Crippen LogP contribution in [0.3, 0.4) is 0 Å². The molecular weight excluding hydrogens is 358 g/mol. The summed E-state index contributed by atoms with van der Waals surface area (Å²) < 4.78 is 4.38. The molecule has 0 fully saturated rings. The van der Waals surface area contributed by atoms with E-state index < -0.39 is 11.1 Å².